The SMILES string of the molecule is FC(F)(F)c1ncc(CN2CCOc3ccccc32)s1. The summed E-state index contributed by atoms with van der Waals surface area (Å²) in [5, 5.41) is -0.797. The average molecular weight is 300 g/mol. The summed E-state index contributed by atoms with van der Waals surface area (Å²) in [7, 11) is 0. The Morgan fingerprint density at radius 2 is 2.10 bits per heavy atom. The molecule has 0 N–H and O–H groups in total. The summed E-state index contributed by atoms with van der Waals surface area (Å²) >= 11 is 0.690. The zero-order chi connectivity index (χ0) is 14.2. The molecule has 0 saturated heterocycles. The standard InChI is InChI=1S/C13H11F3N2OS/c14-13(15,16)12-17-7-9(20-12)8-18-5-6-19-11-4-2-1-3-10(11)18/h1-4,7H,5-6,8H2. The quantitative estimate of drug-likeness (QED) is 0.848. The van der Waals surface area contributed by atoms with Crippen molar-refractivity contribution in [3.63, 3.8) is 0 Å². The minimum atomic E-state index is -4.37. The fourth-order valence-electron chi connectivity index (χ4n) is 2.09. The number of hydrogen-bond donors (Lipinski definition) is 0. The predicted octanol–water partition coefficient (Wildman–Crippen LogP) is 3.56. The fraction of sp³-hybridized carbons (Fsp3) is 0.308. The molecule has 3 rings (SSSR count). The summed E-state index contributed by atoms with van der Waals surface area (Å²) in [6.07, 6.45) is -3.07. The van der Waals surface area contributed by atoms with Gasteiger partial charge in [-0.15, -0.1) is 11.3 Å². The van der Waals surface area contributed by atoms with Crippen molar-refractivity contribution in [1.29, 1.82) is 0 Å². The van der Waals surface area contributed by atoms with Crippen molar-refractivity contribution in [2.75, 3.05) is 18.1 Å². The number of nitrogens with zero attached hydrogens (tertiary/aromatic N) is 2. The lowest BCUT2D eigenvalue weighted by atomic mass is 10.2. The Labute approximate surface area is 117 Å². The Morgan fingerprint density at radius 1 is 1.30 bits per heavy atom. The Balaban J connectivity index is 1.81. The van der Waals surface area contributed by atoms with Crippen LogP contribution in [0.15, 0.2) is 30.5 Å². The van der Waals surface area contributed by atoms with Crippen LogP contribution in [0.2, 0.25) is 0 Å². The van der Waals surface area contributed by atoms with Crippen molar-refractivity contribution in [3.05, 3.63) is 40.3 Å². The van der Waals surface area contributed by atoms with E-state index in [1.54, 1.807) is 0 Å². The molecule has 1 aliphatic heterocycles. The zero-order valence-corrected chi connectivity index (χ0v) is 11.2. The molecule has 2 aromatic rings. The number of hydrogen-bond acceptors (Lipinski definition) is 4. The van der Waals surface area contributed by atoms with E-state index >= 15 is 0 Å². The van der Waals surface area contributed by atoms with E-state index < -0.39 is 11.2 Å². The maximum atomic E-state index is 12.5. The molecule has 0 radical (unpaired) electrons. The molecule has 0 unspecified atom stereocenters. The van der Waals surface area contributed by atoms with E-state index in [9.17, 15) is 13.2 Å². The highest BCUT2D eigenvalue weighted by atomic mass is 32.1. The van der Waals surface area contributed by atoms with Gasteiger partial charge in [-0.05, 0) is 12.1 Å². The number of thiazole rings is 1. The first-order valence-corrected chi connectivity index (χ1v) is 6.84. The molecule has 1 aliphatic rings. The van der Waals surface area contributed by atoms with Gasteiger partial charge in [0.25, 0.3) is 0 Å². The third kappa shape index (κ3) is 2.58. The number of ether oxygens (including phenoxy) is 1. The minimum Gasteiger partial charge on any atom is -0.490 e. The largest absolute Gasteiger partial charge is 0.490 e. The molecule has 1 aromatic heterocycles. The van der Waals surface area contributed by atoms with Crippen LogP contribution in [0.4, 0.5) is 18.9 Å². The number of alkyl halides is 3. The van der Waals surface area contributed by atoms with Crippen LogP contribution in [0.5, 0.6) is 5.75 Å². The van der Waals surface area contributed by atoms with Gasteiger partial charge < -0.3 is 9.64 Å². The summed E-state index contributed by atoms with van der Waals surface area (Å²) in [5.74, 6) is 0.763. The van der Waals surface area contributed by atoms with Crippen LogP contribution in [0.25, 0.3) is 0 Å². The maximum absolute atomic E-state index is 12.5. The van der Waals surface area contributed by atoms with Gasteiger partial charge in [-0.2, -0.15) is 13.2 Å². The molecule has 7 heteroatoms. The fourth-order valence-corrected chi connectivity index (χ4v) is 2.89. The van der Waals surface area contributed by atoms with Gasteiger partial charge in [0.05, 0.1) is 18.8 Å². The number of rotatable bonds is 2. The van der Waals surface area contributed by atoms with E-state index in [0.29, 0.717) is 35.9 Å². The van der Waals surface area contributed by atoms with Crippen molar-refractivity contribution >= 4 is 17.0 Å². The molecule has 20 heavy (non-hydrogen) atoms. The molecule has 0 fully saturated rings. The Bertz CT molecular complexity index is 612. The Hall–Kier alpha value is -1.76. The first kappa shape index (κ1) is 13.2. The second-order valence-electron chi connectivity index (χ2n) is 4.37. The number of anilines is 1. The topological polar surface area (TPSA) is 25.4 Å². The van der Waals surface area contributed by atoms with E-state index in [1.165, 1.54) is 6.20 Å². The second kappa shape index (κ2) is 4.97. The van der Waals surface area contributed by atoms with Crippen LogP contribution in [0.1, 0.15) is 9.88 Å². The third-order valence-electron chi connectivity index (χ3n) is 2.97. The Morgan fingerprint density at radius 3 is 2.85 bits per heavy atom. The number of aromatic nitrogens is 1. The van der Waals surface area contributed by atoms with Crippen LogP contribution < -0.4 is 9.64 Å². The van der Waals surface area contributed by atoms with E-state index in [2.05, 4.69) is 4.98 Å². The van der Waals surface area contributed by atoms with E-state index in [0.717, 1.165) is 11.4 Å². The molecule has 1 aromatic carbocycles. The minimum absolute atomic E-state index is 0.411. The summed E-state index contributed by atoms with van der Waals surface area (Å²) in [5.41, 5.74) is 0.903. The van der Waals surface area contributed by atoms with E-state index in [4.69, 9.17) is 4.74 Å². The molecule has 0 spiro atoms. The van der Waals surface area contributed by atoms with Crippen molar-refractivity contribution in [2.45, 2.75) is 12.7 Å². The van der Waals surface area contributed by atoms with E-state index in [1.807, 2.05) is 29.2 Å². The van der Waals surface area contributed by atoms with Crippen molar-refractivity contribution in [2.24, 2.45) is 0 Å². The molecular formula is C13H11F3N2OS. The number of benzene rings is 1. The molecule has 0 aliphatic carbocycles. The average Bonchev–Trinajstić information content (AvgIpc) is 2.88. The van der Waals surface area contributed by atoms with Crippen molar-refractivity contribution in [3.8, 4) is 5.75 Å². The molecular weight excluding hydrogens is 289 g/mol. The van der Waals surface area contributed by atoms with Gasteiger partial charge in [0.15, 0.2) is 5.01 Å². The van der Waals surface area contributed by atoms with Crippen molar-refractivity contribution < 1.29 is 17.9 Å². The monoisotopic (exact) mass is 300 g/mol. The normalized spacial score (nSPS) is 14.8. The lowest BCUT2D eigenvalue weighted by Gasteiger charge is -2.30. The van der Waals surface area contributed by atoms with Crippen LogP contribution >= 0.6 is 11.3 Å². The highest BCUT2D eigenvalue weighted by Gasteiger charge is 2.34. The summed E-state index contributed by atoms with van der Waals surface area (Å²) in [6.45, 7) is 1.59. The van der Waals surface area contributed by atoms with Gasteiger partial charge in [-0.1, -0.05) is 12.1 Å². The summed E-state index contributed by atoms with van der Waals surface area (Å²) in [4.78, 5) is 6.04. The molecule has 0 saturated carbocycles. The molecule has 3 nitrogen and oxygen atoms in total. The molecule has 0 amide bonds. The first-order valence-electron chi connectivity index (χ1n) is 6.03. The Kier molecular flexibility index (Phi) is 3.29. The number of para-hydroxylation sites is 2. The smallest absolute Gasteiger partial charge is 0.443 e. The van der Waals surface area contributed by atoms with Gasteiger partial charge in [0.2, 0.25) is 0 Å². The van der Waals surface area contributed by atoms with Gasteiger partial charge in [0.1, 0.15) is 12.4 Å². The third-order valence-corrected chi connectivity index (χ3v) is 3.99. The molecule has 2 heterocycles. The maximum Gasteiger partial charge on any atom is 0.443 e. The van der Waals surface area contributed by atoms with Crippen molar-refractivity contribution in [1.82, 2.24) is 4.98 Å². The first-order chi connectivity index (χ1) is 9.54. The van der Waals surface area contributed by atoms with Gasteiger partial charge in [-0.3, -0.25) is 0 Å². The molecule has 106 valence electrons. The number of halogens is 3. The second-order valence-corrected chi connectivity index (χ2v) is 5.48. The lowest BCUT2D eigenvalue weighted by Crippen LogP contribution is -2.31. The van der Waals surface area contributed by atoms with Crippen LogP contribution in [-0.2, 0) is 12.7 Å². The summed E-state index contributed by atoms with van der Waals surface area (Å²) in [6, 6.07) is 7.51. The molecule has 0 atom stereocenters. The molecule has 0 bridgehead atoms. The highest BCUT2D eigenvalue weighted by Crippen LogP contribution is 2.35. The summed E-state index contributed by atoms with van der Waals surface area (Å²) < 4.78 is 43.1. The van der Waals surface area contributed by atoms with Crippen LogP contribution in [-0.4, -0.2) is 18.1 Å². The highest BCUT2D eigenvalue weighted by molar-refractivity contribution is 7.11. The predicted molar refractivity (Wildman–Crippen MR) is 70.1 cm³/mol. The lowest BCUT2D eigenvalue weighted by molar-refractivity contribution is -0.137. The van der Waals surface area contributed by atoms with Gasteiger partial charge in [0, 0.05) is 11.1 Å². The number of fused-ring (bicyclic) bond motifs is 1. The van der Waals surface area contributed by atoms with Crippen LogP contribution in [0, 0.1) is 0 Å². The van der Waals surface area contributed by atoms with Gasteiger partial charge in [-0.25, -0.2) is 4.98 Å². The van der Waals surface area contributed by atoms with E-state index in [-0.39, 0.29) is 0 Å². The van der Waals surface area contributed by atoms with Gasteiger partial charge >= 0.3 is 6.18 Å². The van der Waals surface area contributed by atoms with Crippen LogP contribution in [0.3, 0.4) is 0 Å². The zero-order valence-electron chi connectivity index (χ0n) is 10.4.